The van der Waals surface area contributed by atoms with Crippen LogP contribution >= 0.6 is 0 Å². The first-order valence-electron chi connectivity index (χ1n) is 6.25. The van der Waals surface area contributed by atoms with Gasteiger partial charge in [0.15, 0.2) is 5.69 Å². The lowest BCUT2D eigenvalue weighted by Gasteiger charge is -2.05. The Morgan fingerprint density at radius 2 is 1.95 bits per heavy atom. The lowest BCUT2D eigenvalue weighted by molar-refractivity contribution is 0.0946. The van der Waals surface area contributed by atoms with Gasteiger partial charge >= 0.3 is 0 Å². The maximum Gasteiger partial charge on any atom is 0.274 e. The minimum Gasteiger partial charge on any atom is -0.396 e. The van der Waals surface area contributed by atoms with Gasteiger partial charge in [-0.15, -0.1) is 0 Å². The van der Waals surface area contributed by atoms with E-state index in [0.29, 0.717) is 12.2 Å². The predicted octanol–water partition coefficient (Wildman–Crippen LogP) is 1.49. The molecular weight excluding hydrogens is 240 g/mol. The van der Waals surface area contributed by atoms with Crippen LogP contribution in [0.4, 0.5) is 5.69 Å². The molecule has 0 unspecified atom stereocenters. The van der Waals surface area contributed by atoms with Crippen molar-refractivity contribution in [3.8, 4) is 0 Å². The van der Waals surface area contributed by atoms with Crippen LogP contribution in [0, 0.1) is 0 Å². The average molecular weight is 258 g/mol. The van der Waals surface area contributed by atoms with Gasteiger partial charge in [0.1, 0.15) is 0 Å². The summed E-state index contributed by atoms with van der Waals surface area (Å²) in [6, 6.07) is 8.16. The van der Waals surface area contributed by atoms with Crippen molar-refractivity contribution >= 4 is 11.6 Å². The number of nitrogens with one attached hydrogen (secondary N) is 1. The zero-order valence-electron chi connectivity index (χ0n) is 11.2. The van der Waals surface area contributed by atoms with Crippen molar-refractivity contribution < 1.29 is 4.79 Å². The normalized spacial score (nSPS) is 10.4. The summed E-state index contributed by atoms with van der Waals surface area (Å²) in [7, 11) is 1.73. The molecule has 3 N–H and O–H groups in total. The van der Waals surface area contributed by atoms with Crippen LogP contribution in [-0.2, 0) is 20.0 Å². The highest BCUT2D eigenvalue weighted by atomic mass is 16.1. The molecule has 0 fully saturated rings. The summed E-state index contributed by atoms with van der Waals surface area (Å²) in [5.74, 6) is -0.252. The van der Waals surface area contributed by atoms with Gasteiger partial charge in [0.25, 0.3) is 5.91 Å². The molecule has 0 saturated heterocycles. The third-order valence-electron chi connectivity index (χ3n) is 2.96. The second kappa shape index (κ2) is 5.56. The molecular formula is C14H18N4O. The fourth-order valence-corrected chi connectivity index (χ4v) is 1.84. The van der Waals surface area contributed by atoms with E-state index in [0.717, 1.165) is 12.0 Å². The lowest BCUT2D eigenvalue weighted by Crippen LogP contribution is -2.24. The summed E-state index contributed by atoms with van der Waals surface area (Å²) in [5.41, 5.74) is 8.70. The zero-order valence-corrected chi connectivity index (χ0v) is 11.2. The van der Waals surface area contributed by atoms with Gasteiger partial charge in [-0.1, -0.05) is 31.2 Å². The van der Waals surface area contributed by atoms with E-state index in [1.807, 2.05) is 12.1 Å². The van der Waals surface area contributed by atoms with E-state index in [2.05, 4.69) is 29.5 Å². The van der Waals surface area contributed by atoms with Crippen LogP contribution < -0.4 is 11.1 Å². The maximum absolute atomic E-state index is 11.9. The van der Waals surface area contributed by atoms with E-state index < -0.39 is 0 Å². The van der Waals surface area contributed by atoms with Gasteiger partial charge < -0.3 is 11.1 Å². The van der Waals surface area contributed by atoms with Crippen LogP contribution in [0.1, 0.15) is 28.5 Å². The molecule has 0 radical (unpaired) electrons. The van der Waals surface area contributed by atoms with Gasteiger partial charge in [-0.25, -0.2) is 0 Å². The third-order valence-corrected chi connectivity index (χ3v) is 2.96. The van der Waals surface area contributed by atoms with Crippen LogP contribution in [0.5, 0.6) is 0 Å². The Morgan fingerprint density at radius 3 is 2.47 bits per heavy atom. The second-order valence-corrected chi connectivity index (χ2v) is 4.46. The number of aryl methyl sites for hydroxylation is 2. The predicted molar refractivity (Wildman–Crippen MR) is 74.6 cm³/mol. The largest absolute Gasteiger partial charge is 0.396 e. The maximum atomic E-state index is 11.9. The van der Waals surface area contributed by atoms with Crippen molar-refractivity contribution in [2.75, 3.05) is 5.73 Å². The topological polar surface area (TPSA) is 72.9 Å². The molecule has 0 atom stereocenters. The number of anilines is 1. The van der Waals surface area contributed by atoms with Crippen LogP contribution in [0.3, 0.4) is 0 Å². The Morgan fingerprint density at radius 1 is 1.32 bits per heavy atom. The molecule has 1 aromatic carbocycles. The zero-order chi connectivity index (χ0) is 13.8. The number of amides is 1. The third kappa shape index (κ3) is 3.13. The molecule has 5 heteroatoms. The summed E-state index contributed by atoms with van der Waals surface area (Å²) in [6.07, 6.45) is 2.63. The number of hydrogen-bond donors (Lipinski definition) is 2. The first kappa shape index (κ1) is 13.1. The summed E-state index contributed by atoms with van der Waals surface area (Å²) in [4.78, 5) is 11.9. The highest BCUT2D eigenvalue weighted by molar-refractivity contribution is 5.96. The minimum atomic E-state index is -0.252. The van der Waals surface area contributed by atoms with Crippen molar-refractivity contribution in [2.24, 2.45) is 7.05 Å². The molecule has 1 heterocycles. The van der Waals surface area contributed by atoms with E-state index in [1.54, 1.807) is 13.2 Å². The number of aromatic nitrogens is 2. The molecule has 0 aliphatic carbocycles. The van der Waals surface area contributed by atoms with Crippen molar-refractivity contribution in [1.82, 2.24) is 15.1 Å². The molecule has 5 nitrogen and oxygen atoms in total. The van der Waals surface area contributed by atoms with Gasteiger partial charge in [-0.2, -0.15) is 5.10 Å². The van der Waals surface area contributed by atoms with Gasteiger partial charge in [0.2, 0.25) is 0 Å². The monoisotopic (exact) mass is 258 g/mol. The Kier molecular flexibility index (Phi) is 3.85. The molecule has 2 rings (SSSR count). The van der Waals surface area contributed by atoms with Crippen LogP contribution in [0.2, 0.25) is 0 Å². The van der Waals surface area contributed by atoms with Crippen LogP contribution in [0.15, 0.2) is 30.5 Å². The van der Waals surface area contributed by atoms with E-state index in [1.165, 1.54) is 10.2 Å². The standard InChI is InChI=1S/C14H18N4O/c1-3-10-4-6-11(7-5-10)8-16-14(19)13-12(15)9-18(2)17-13/h4-7,9H,3,8,15H2,1-2H3,(H,16,19). The van der Waals surface area contributed by atoms with Gasteiger partial charge in [-0.3, -0.25) is 9.48 Å². The molecule has 0 aliphatic heterocycles. The quantitative estimate of drug-likeness (QED) is 0.872. The smallest absolute Gasteiger partial charge is 0.274 e. The number of benzene rings is 1. The molecule has 1 amide bonds. The molecule has 0 bridgehead atoms. The second-order valence-electron chi connectivity index (χ2n) is 4.46. The van der Waals surface area contributed by atoms with E-state index in [9.17, 15) is 4.79 Å². The number of carbonyl (C=O) groups excluding carboxylic acids is 1. The summed E-state index contributed by atoms with van der Waals surface area (Å²) in [5, 5.41) is 6.84. The SMILES string of the molecule is CCc1ccc(CNC(=O)c2nn(C)cc2N)cc1. The molecule has 100 valence electrons. The summed E-state index contributed by atoms with van der Waals surface area (Å²) in [6.45, 7) is 2.58. The van der Waals surface area contributed by atoms with Crippen molar-refractivity contribution in [3.05, 3.63) is 47.3 Å². The number of hydrogen-bond acceptors (Lipinski definition) is 3. The summed E-state index contributed by atoms with van der Waals surface area (Å²) >= 11 is 0. The van der Waals surface area contributed by atoms with Crippen molar-refractivity contribution in [2.45, 2.75) is 19.9 Å². The highest BCUT2D eigenvalue weighted by Gasteiger charge is 2.13. The molecule has 19 heavy (non-hydrogen) atoms. The first-order valence-corrected chi connectivity index (χ1v) is 6.25. The number of carbonyl (C=O) groups is 1. The molecule has 1 aromatic heterocycles. The van der Waals surface area contributed by atoms with Gasteiger partial charge in [-0.05, 0) is 17.5 Å². The van der Waals surface area contributed by atoms with Crippen LogP contribution in [0.25, 0.3) is 0 Å². The Hall–Kier alpha value is -2.30. The van der Waals surface area contributed by atoms with Gasteiger partial charge in [0, 0.05) is 19.8 Å². The average Bonchev–Trinajstić information content (AvgIpc) is 2.75. The Labute approximate surface area is 112 Å². The first-order chi connectivity index (χ1) is 9.10. The highest BCUT2D eigenvalue weighted by Crippen LogP contribution is 2.09. The number of nitrogens with zero attached hydrogens (tertiary/aromatic N) is 2. The lowest BCUT2D eigenvalue weighted by atomic mass is 10.1. The minimum absolute atomic E-state index is 0.252. The molecule has 0 spiro atoms. The van der Waals surface area contributed by atoms with Gasteiger partial charge in [0.05, 0.1) is 5.69 Å². The number of nitrogen functional groups attached to an aromatic ring is 1. The van der Waals surface area contributed by atoms with Crippen LogP contribution in [-0.4, -0.2) is 15.7 Å². The van der Waals surface area contributed by atoms with E-state index >= 15 is 0 Å². The van der Waals surface area contributed by atoms with E-state index in [-0.39, 0.29) is 11.6 Å². The Balaban J connectivity index is 1.98. The molecule has 2 aromatic rings. The summed E-state index contributed by atoms with van der Waals surface area (Å²) < 4.78 is 1.53. The van der Waals surface area contributed by atoms with Crippen molar-refractivity contribution in [3.63, 3.8) is 0 Å². The number of rotatable bonds is 4. The molecule has 0 saturated carbocycles. The Bertz CT molecular complexity index is 572. The molecule has 0 aliphatic rings. The number of nitrogens with two attached hydrogens (primary N) is 1. The van der Waals surface area contributed by atoms with Crippen molar-refractivity contribution in [1.29, 1.82) is 0 Å². The fourth-order valence-electron chi connectivity index (χ4n) is 1.84. The fraction of sp³-hybridized carbons (Fsp3) is 0.286. The van der Waals surface area contributed by atoms with E-state index in [4.69, 9.17) is 5.73 Å².